The van der Waals surface area contributed by atoms with Crippen molar-refractivity contribution in [3.8, 4) is 11.5 Å². The molecule has 0 saturated carbocycles. The SMILES string of the molecule is CCOC(=O)C(C)N.CCOC(=O)CNPCOc1cc(C)c(Cc2ccc(O)c(Cc3ccc(F)cc3)c2)c(C)c1. The van der Waals surface area contributed by atoms with Crippen molar-refractivity contribution in [3.63, 3.8) is 0 Å². The van der Waals surface area contributed by atoms with Crippen molar-refractivity contribution < 1.29 is 33.3 Å². The molecule has 0 saturated heterocycles. The number of aryl methyl sites for hydroxylation is 2. The molecule has 42 heavy (non-hydrogen) atoms. The van der Waals surface area contributed by atoms with E-state index >= 15 is 0 Å². The van der Waals surface area contributed by atoms with Crippen LogP contribution in [0.3, 0.4) is 0 Å². The number of benzene rings is 3. The third-order valence-corrected chi connectivity index (χ3v) is 6.85. The highest BCUT2D eigenvalue weighted by molar-refractivity contribution is 7.35. The Balaban J connectivity index is 0.000000675. The number of phenols is 1. The van der Waals surface area contributed by atoms with Gasteiger partial charge in [0.15, 0.2) is 0 Å². The molecule has 0 aliphatic carbocycles. The van der Waals surface area contributed by atoms with Gasteiger partial charge in [0.05, 0.1) is 19.8 Å². The second kappa shape index (κ2) is 18.1. The number of hydrogen-bond acceptors (Lipinski definition) is 8. The number of ether oxygens (including phenoxy) is 3. The molecule has 0 bridgehead atoms. The Morgan fingerprint density at radius 2 is 1.57 bits per heavy atom. The first kappa shape index (κ1) is 34.7. The second-order valence-corrected chi connectivity index (χ2v) is 10.6. The summed E-state index contributed by atoms with van der Waals surface area (Å²) >= 11 is 0. The third-order valence-electron chi connectivity index (χ3n) is 6.13. The highest BCUT2D eigenvalue weighted by atomic mass is 31.1. The molecule has 0 spiro atoms. The van der Waals surface area contributed by atoms with Crippen LogP contribution in [0.5, 0.6) is 11.5 Å². The summed E-state index contributed by atoms with van der Waals surface area (Å²) in [4.78, 5) is 21.7. The van der Waals surface area contributed by atoms with E-state index in [-0.39, 0.29) is 30.1 Å². The molecule has 0 radical (unpaired) electrons. The summed E-state index contributed by atoms with van der Waals surface area (Å²) in [5, 5.41) is 13.4. The van der Waals surface area contributed by atoms with E-state index in [1.807, 2.05) is 24.3 Å². The van der Waals surface area contributed by atoms with Gasteiger partial charge >= 0.3 is 11.9 Å². The van der Waals surface area contributed by atoms with Crippen LogP contribution in [0, 0.1) is 19.7 Å². The van der Waals surface area contributed by atoms with E-state index in [9.17, 15) is 19.1 Å². The Morgan fingerprint density at radius 3 is 2.14 bits per heavy atom. The maximum Gasteiger partial charge on any atom is 0.322 e. The predicted molar refractivity (Wildman–Crippen MR) is 165 cm³/mol. The Hall–Kier alpha value is -3.52. The number of hydrogen-bond donors (Lipinski definition) is 3. The average Bonchev–Trinajstić information content (AvgIpc) is 2.94. The topological polar surface area (TPSA) is 120 Å². The molecule has 2 unspecified atom stereocenters. The van der Waals surface area contributed by atoms with Crippen LogP contribution in [0.1, 0.15) is 54.2 Å². The monoisotopic (exact) mass is 600 g/mol. The molecule has 3 rings (SSSR count). The Kier molecular flexibility index (Phi) is 15.0. The number of halogens is 1. The van der Waals surface area contributed by atoms with Gasteiger partial charge in [-0.1, -0.05) is 24.3 Å². The third kappa shape index (κ3) is 12.1. The fourth-order valence-corrected chi connectivity index (χ4v) is 4.63. The van der Waals surface area contributed by atoms with E-state index in [0.717, 1.165) is 40.0 Å². The van der Waals surface area contributed by atoms with Crippen LogP contribution in [-0.4, -0.2) is 49.2 Å². The van der Waals surface area contributed by atoms with Gasteiger partial charge in [-0.3, -0.25) is 14.7 Å². The van der Waals surface area contributed by atoms with E-state index in [4.69, 9.17) is 15.2 Å². The van der Waals surface area contributed by atoms with E-state index in [0.29, 0.717) is 34.7 Å². The fraction of sp³-hybridized carbons (Fsp3) is 0.375. The van der Waals surface area contributed by atoms with Crippen LogP contribution < -0.4 is 15.6 Å². The number of phenolic OH excluding ortho intramolecular Hbond substituents is 1. The minimum Gasteiger partial charge on any atom is -0.508 e. The minimum absolute atomic E-state index is 0.183. The van der Waals surface area contributed by atoms with Crippen LogP contribution in [0.4, 0.5) is 4.39 Å². The molecular formula is C32H42FN2O6P. The predicted octanol–water partition coefficient (Wildman–Crippen LogP) is 5.31. The lowest BCUT2D eigenvalue weighted by molar-refractivity contribution is -0.144. The molecule has 8 nitrogen and oxygen atoms in total. The van der Waals surface area contributed by atoms with Crippen molar-refractivity contribution in [2.24, 2.45) is 5.73 Å². The van der Waals surface area contributed by atoms with Gasteiger partial charge in [-0.2, -0.15) is 0 Å². The van der Waals surface area contributed by atoms with Crippen molar-refractivity contribution in [1.82, 2.24) is 5.09 Å². The first-order valence-electron chi connectivity index (χ1n) is 13.9. The van der Waals surface area contributed by atoms with Gasteiger partial charge < -0.3 is 25.1 Å². The van der Waals surface area contributed by atoms with Gasteiger partial charge in [-0.05, 0) is 113 Å². The molecule has 0 aliphatic rings. The smallest absolute Gasteiger partial charge is 0.322 e. The van der Waals surface area contributed by atoms with Gasteiger partial charge in [-0.25, -0.2) is 4.39 Å². The van der Waals surface area contributed by atoms with Crippen LogP contribution >= 0.6 is 8.73 Å². The van der Waals surface area contributed by atoms with Crippen LogP contribution in [0.15, 0.2) is 54.6 Å². The van der Waals surface area contributed by atoms with Crippen LogP contribution in [0.2, 0.25) is 0 Å². The second-order valence-electron chi connectivity index (χ2n) is 9.64. The number of esters is 2. The van der Waals surface area contributed by atoms with Gasteiger partial charge in [0.1, 0.15) is 29.7 Å². The molecule has 10 heteroatoms. The summed E-state index contributed by atoms with van der Waals surface area (Å²) < 4.78 is 28.5. The molecular weight excluding hydrogens is 558 g/mol. The zero-order valence-electron chi connectivity index (χ0n) is 25.0. The van der Waals surface area contributed by atoms with Gasteiger partial charge in [0.2, 0.25) is 0 Å². The molecule has 0 fully saturated rings. The quantitative estimate of drug-likeness (QED) is 0.137. The standard InChI is InChI=1S/C27H31FNO4P.C5H11NO2/c1-4-32-27(31)16-29-34-17-33-24-11-18(2)25(19(3)12-24)15-21-7-10-26(30)22(14-21)13-20-5-8-23(28)9-6-20;1-3-8-5(7)4(2)6/h5-12,14,29-30,34H,4,13,15-17H2,1-3H3;4H,3,6H2,1-2H3. The maximum absolute atomic E-state index is 13.2. The number of rotatable bonds is 13. The zero-order chi connectivity index (χ0) is 31.1. The zero-order valence-corrected chi connectivity index (χ0v) is 26.0. The fourth-order valence-electron chi connectivity index (χ4n) is 4.02. The molecule has 0 amide bonds. The van der Waals surface area contributed by atoms with Crippen LogP contribution in [0.25, 0.3) is 0 Å². The van der Waals surface area contributed by atoms with Crippen LogP contribution in [-0.2, 0) is 31.9 Å². The minimum atomic E-state index is -0.491. The highest BCUT2D eigenvalue weighted by Gasteiger charge is 2.11. The number of aromatic hydroxyl groups is 1. The summed E-state index contributed by atoms with van der Waals surface area (Å²) in [6.45, 7) is 10.2. The van der Waals surface area contributed by atoms with Gasteiger partial charge in [-0.15, -0.1) is 0 Å². The van der Waals surface area contributed by atoms with Crippen molar-refractivity contribution in [3.05, 3.63) is 93.8 Å². The molecule has 2 atom stereocenters. The van der Waals surface area contributed by atoms with Gasteiger partial charge in [0, 0.05) is 6.42 Å². The lowest BCUT2D eigenvalue weighted by atomic mass is 9.93. The molecule has 0 heterocycles. The Morgan fingerprint density at radius 1 is 0.952 bits per heavy atom. The number of carbonyl (C=O) groups excluding carboxylic acids is 2. The normalized spacial score (nSPS) is 11.5. The first-order chi connectivity index (χ1) is 20.0. The summed E-state index contributed by atoms with van der Waals surface area (Å²) in [5.41, 5.74) is 11.5. The molecule has 0 aliphatic heterocycles. The molecule has 4 N–H and O–H groups in total. The lowest BCUT2D eigenvalue weighted by Gasteiger charge is -2.15. The van der Waals surface area contributed by atoms with E-state index in [1.165, 1.54) is 17.7 Å². The van der Waals surface area contributed by atoms with Crippen molar-refractivity contribution in [1.29, 1.82) is 0 Å². The molecule has 0 aromatic heterocycles. The maximum atomic E-state index is 13.2. The van der Waals surface area contributed by atoms with E-state index in [2.05, 4.69) is 23.7 Å². The average molecular weight is 601 g/mol. The van der Waals surface area contributed by atoms with Crippen molar-refractivity contribution in [2.45, 2.75) is 53.5 Å². The summed E-state index contributed by atoms with van der Waals surface area (Å²) in [7, 11) is 0.290. The first-order valence-corrected chi connectivity index (χ1v) is 15.1. The summed E-state index contributed by atoms with van der Waals surface area (Å²) in [5.74, 6) is 0.164. The molecule has 3 aromatic rings. The Bertz CT molecular complexity index is 1280. The number of carbonyl (C=O) groups is 2. The van der Waals surface area contributed by atoms with E-state index in [1.54, 1.807) is 39.0 Å². The summed E-state index contributed by atoms with van der Waals surface area (Å²) in [6, 6.07) is 15.6. The molecule has 3 aromatic carbocycles. The number of nitrogens with two attached hydrogens (primary N) is 1. The van der Waals surface area contributed by atoms with Crippen molar-refractivity contribution in [2.75, 3.05) is 26.1 Å². The van der Waals surface area contributed by atoms with E-state index < -0.39 is 6.04 Å². The largest absolute Gasteiger partial charge is 0.508 e. The highest BCUT2D eigenvalue weighted by Crippen LogP contribution is 2.28. The Labute approximate surface area is 249 Å². The van der Waals surface area contributed by atoms with Gasteiger partial charge in [0.25, 0.3) is 0 Å². The van der Waals surface area contributed by atoms with Crippen molar-refractivity contribution >= 4 is 20.7 Å². The number of nitrogens with one attached hydrogen (secondary N) is 1. The summed E-state index contributed by atoms with van der Waals surface area (Å²) in [6.07, 6.45) is 1.75. The lowest BCUT2D eigenvalue weighted by Crippen LogP contribution is -2.28. The molecule has 228 valence electrons.